The van der Waals surface area contributed by atoms with Crippen molar-refractivity contribution in [2.45, 2.75) is 25.3 Å². The number of nitrogens with zero attached hydrogens (tertiary/aromatic N) is 1. The minimum atomic E-state index is -0.241. The van der Waals surface area contributed by atoms with Crippen molar-refractivity contribution in [3.05, 3.63) is 29.6 Å². The number of hydrogen-bond donors (Lipinski definition) is 3. The molecule has 2 amide bonds. The van der Waals surface area contributed by atoms with E-state index in [1.54, 1.807) is 12.3 Å². The molecule has 0 saturated carbocycles. The Balaban J connectivity index is 1.91. The van der Waals surface area contributed by atoms with Crippen molar-refractivity contribution in [1.82, 2.24) is 15.6 Å². The molecule has 0 spiro atoms. The summed E-state index contributed by atoms with van der Waals surface area (Å²) in [6.45, 7) is 0.415. The van der Waals surface area contributed by atoms with Crippen molar-refractivity contribution in [3.63, 3.8) is 0 Å². The number of hydrogen-bond acceptors (Lipinski definition) is 4. The van der Waals surface area contributed by atoms with Gasteiger partial charge < -0.3 is 15.7 Å². The highest BCUT2D eigenvalue weighted by Gasteiger charge is 2.21. The van der Waals surface area contributed by atoms with Crippen molar-refractivity contribution in [2.75, 3.05) is 13.2 Å². The van der Waals surface area contributed by atoms with Gasteiger partial charge in [-0.25, -0.2) is 0 Å². The Labute approximate surface area is 123 Å². The third-order valence-electron chi connectivity index (χ3n) is 3.06. The van der Waals surface area contributed by atoms with Crippen LogP contribution in [0, 0.1) is 11.8 Å². The molecule has 21 heavy (non-hydrogen) atoms. The molecule has 6 nitrogen and oxygen atoms in total. The molecule has 110 valence electrons. The molecule has 1 aliphatic rings. The predicted molar refractivity (Wildman–Crippen MR) is 76.3 cm³/mol. The number of carbonyl (C=O) groups excluding carboxylic acids is 2. The fourth-order valence-corrected chi connectivity index (χ4v) is 2.00. The lowest BCUT2D eigenvalue weighted by Gasteiger charge is -2.11. The van der Waals surface area contributed by atoms with E-state index in [1.807, 2.05) is 0 Å². The summed E-state index contributed by atoms with van der Waals surface area (Å²) in [7, 11) is 0. The van der Waals surface area contributed by atoms with Crippen LogP contribution in [0.2, 0.25) is 0 Å². The van der Waals surface area contributed by atoms with Crippen LogP contribution in [0.25, 0.3) is 0 Å². The van der Waals surface area contributed by atoms with Gasteiger partial charge in [0.1, 0.15) is 0 Å². The Morgan fingerprint density at radius 2 is 2.38 bits per heavy atom. The summed E-state index contributed by atoms with van der Waals surface area (Å²) in [6, 6.07) is 1.65. The zero-order valence-corrected chi connectivity index (χ0v) is 11.6. The molecule has 1 aromatic heterocycles. The van der Waals surface area contributed by atoms with Gasteiger partial charge in [-0.15, -0.1) is 0 Å². The van der Waals surface area contributed by atoms with Gasteiger partial charge in [-0.05, 0) is 12.5 Å². The van der Waals surface area contributed by atoms with Gasteiger partial charge in [-0.3, -0.25) is 14.6 Å². The molecule has 2 heterocycles. The summed E-state index contributed by atoms with van der Waals surface area (Å²) >= 11 is 0. The molecule has 0 radical (unpaired) electrons. The summed E-state index contributed by atoms with van der Waals surface area (Å²) in [5.74, 6) is 5.40. The van der Waals surface area contributed by atoms with Crippen molar-refractivity contribution in [1.29, 1.82) is 0 Å². The summed E-state index contributed by atoms with van der Waals surface area (Å²) in [4.78, 5) is 27.1. The maximum Gasteiger partial charge on any atom is 0.252 e. The Kier molecular flexibility index (Phi) is 5.29. The average molecular weight is 287 g/mol. The Bertz CT molecular complexity index is 589. The van der Waals surface area contributed by atoms with Crippen LogP contribution >= 0.6 is 0 Å². The maximum atomic E-state index is 12.0. The smallest absolute Gasteiger partial charge is 0.252 e. The second kappa shape index (κ2) is 7.41. The van der Waals surface area contributed by atoms with Crippen LogP contribution in [0.1, 0.15) is 35.2 Å². The summed E-state index contributed by atoms with van der Waals surface area (Å²) in [5, 5.41) is 14.2. The van der Waals surface area contributed by atoms with E-state index < -0.39 is 0 Å². The molecule has 6 heteroatoms. The van der Waals surface area contributed by atoms with Crippen LogP contribution in [0.3, 0.4) is 0 Å². The first-order chi connectivity index (χ1) is 10.2. The topological polar surface area (TPSA) is 91.3 Å². The van der Waals surface area contributed by atoms with E-state index in [1.165, 1.54) is 6.20 Å². The van der Waals surface area contributed by atoms with Gasteiger partial charge in [0.05, 0.1) is 12.2 Å². The molecule has 1 saturated heterocycles. The quantitative estimate of drug-likeness (QED) is 0.670. The van der Waals surface area contributed by atoms with E-state index in [4.69, 9.17) is 5.11 Å². The normalized spacial score (nSPS) is 16.8. The minimum absolute atomic E-state index is 0.00179. The number of amides is 2. The van der Waals surface area contributed by atoms with Crippen molar-refractivity contribution in [3.8, 4) is 11.8 Å². The first-order valence-corrected chi connectivity index (χ1v) is 6.81. The second-order valence-corrected chi connectivity index (χ2v) is 4.75. The lowest BCUT2D eigenvalue weighted by atomic mass is 10.2. The highest BCUT2D eigenvalue weighted by atomic mass is 16.2. The van der Waals surface area contributed by atoms with Crippen LogP contribution in [-0.4, -0.2) is 41.1 Å². The number of pyridine rings is 1. The lowest BCUT2D eigenvalue weighted by Crippen LogP contribution is -2.38. The van der Waals surface area contributed by atoms with E-state index in [0.29, 0.717) is 30.5 Å². The van der Waals surface area contributed by atoms with Crippen molar-refractivity contribution in [2.24, 2.45) is 0 Å². The summed E-state index contributed by atoms with van der Waals surface area (Å²) < 4.78 is 0. The number of aromatic nitrogens is 1. The largest absolute Gasteiger partial charge is 0.395 e. The van der Waals surface area contributed by atoms with E-state index >= 15 is 0 Å². The highest BCUT2D eigenvalue weighted by Crippen LogP contribution is 2.06. The second-order valence-electron chi connectivity index (χ2n) is 4.75. The Morgan fingerprint density at radius 3 is 3.10 bits per heavy atom. The number of aliphatic hydroxyl groups is 1. The molecule has 2 rings (SSSR count). The van der Waals surface area contributed by atoms with E-state index in [-0.39, 0.29) is 24.5 Å². The van der Waals surface area contributed by atoms with E-state index in [9.17, 15) is 9.59 Å². The molecule has 1 aromatic rings. The Morgan fingerprint density at radius 1 is 1.52 bits per heavy atom. The zero-order chi connectivity index (χ0) is 15.1. The lowest BCUT2D eigenvalue weighted by molar-refractivity contribution is -0.119. The van der Waals surface area contributed by atoms with Crippen LogP contribution in [0.5, 0.6) is 0 Å². The first-order valence-electron chi connectivity index (χ1n) is 6.81. The predicted octanol–water partition coefficient (Wildman–Crippen LogP) is -0.176. The average Bonchev–Trinajstić information content (AvgIpc) is 2.91. The monoisotopic (exact) mass is 287 g/mol. The van der Waals surface area contributed by atoms with Gasteiger partial charge >= 0.3 is 0 Å². The third-order valence-corrected chi connectivity index (χ3v) is 3.06. The van der Waals surface area contributed by atoms with Gasteiger partial charge in [-0.2, -0.15) is 0 Å². The van der Waals surface area contributed by atoms with Crippen LogP contribution in [0.15, 0.2) is 18.5 Å². The van der Waals surface area contributed by atoms with Crippen molar-refractivity contribution < 1.29 is 14.7 Å². The highest BCUT2D eigenvalue weighted by molar-refractivity contribution is 5.94. The summed E-state index contributed by atoms with van der Waals surface area (Å²) in [6.07, 6.45) is 4.68. The molecule has 0 bridgehead atoms. The van der Waals surface area contributed by atoms with Gasteiger partial charge in [0, 0.05) is 43.4 Å². The van der Waals surface area contributed by atoms with Crippen LogP contribution in [0.4, 0.5) is 0 Å². The molecule has 1 atom stereocenters. The Hall–Kier alpha value is -2.39. The zero-order valence-electron chi connectivity index (χ0n) is 11.6. The van der Waals surface area contributed by atoms with Gasteiger partial charge in [0.2, 0.25) is 5.91 Å². The minimum Gasteiger partial charge on any atom is -0.395 e. The number of carbonyl (C=O) groups is 2. The fraction of sp³-hybridized carbons (Fsp3) is 0.400. The molecular weight excluding hydrogens is 270 g/mol. The molecule has 0 aromatic carbocycles. The number of rotatable bonds is 4. The molecule has 1 unspecified atom stereocenters. The molecule has 1 fully saturated rings. The van der Waals surface area contributed by atoms with E-state index in [0.717, 1.165) is 6.42 Å². The van der Waals surface area contributed by atoms with Gasteiger partial charge in [0.25, 0.3) is 5.91 Å². The molecule has 0 aliphatic carbocycles. The van der Waals surface area contributed by atoms with Crippen LogP contribution in [-0.2, 0) is 4.79 Å². The fourth-order valence-electron chi connectivity index (χ4n) is 2.00. The molecule has 1 aliphatic heterocycles. The number of nitrogens with one attached hydrogen (secondary N) is 2. The first kappa shape index (κ1) is 15.0. The third kappa shape index (κ3) is 4.58. The number of aliphatic hydroxyl groups excluding tert-OH is 1. The van der Waals surface area contributed by atoms with Gasteiger partial charge in [0.15, 0.2) is 0 Å². The van der Waals surface area contributed by atoms with Crippen LogP contribution < -0.4 is 10.6 Å². The standard InChI is InChI=1S/C15H17N3O3/c19-6-2-1-3-11-7-12(9-16-8-11)15(21)17-10-13-4-5-14(20)18-13/h7-9,13,19H,2,4-6,10H2,(H,17,21)(H,18,20). The van der Waals surface area contributed by atoms with E-state index in [2.05, 4.69) is 27.5 Å². The van der Waals surface area contributed by atoms with Crippen molar-refractivity contribution >= 4 is 11.8 Å². The SMILES string of the molecule is O=C1CCC(CNC(=O)c2cncc(C#CCCO)c2)N1. The van der Waals surface area contributed by atoms with Gasteiger partial charge in [-0.1, -0.05) is 11.8 Å². The molecule has 3 N–H and O–H groups in total. The maximum absolute atomic E-state index is 12.0. The summed E-state index contributed by atoms with van der Waals surface area (Å²) in [5.41, 5.74) is 1.06. The molecular formula is C15H17N3O3.